The highest BCUT2D eigenvalue weighted by Crippen LogP contribution is 2.02. The number of hydrogen-bond donors (Lipinski definition) is 0. The van der Waals surface area contributed by atoms with E-state index in [0.717, 1.165) is 11.3 Å². The summed E-state index contributed by atoms with van der Waals surface area (Å²) in [5, 5.41) is 3.97. The molecule has 5 heteroatoms. The van der Waals surface area contributed by atoms with Gasteiger partial charge in [0, 0.05) is 18.9 Å². The highest BCUT2D eigenvalue weighted by molar-refractivity contribution is 5.30. The zero-order valence-corrected chi connectivity index (χ0v) is 7.77. The minimum atomic E-state index is -0.161. The Kier molecular flexibility index (Phi) is 1.48. The van der Waals surface area contributed by atoms with Gasteiger partial charge in [0.1, 0.15) is 0 Å². The van der Waals surface area contributed by atoms with E-state index in [4.69, 9.17) is 0 Å². The number of rotatable bonds is 0. The van der Waals surface area contributed by atoms with Crippen molar-refractivity contribution in [3.63, 3.8) is 0 Å². The fourth-order valence-corrected chi connectivity index (χ4v) is 1.18. The average Bonchev–Trinajstić information content (AvgIpc) is 2.32. The summed E-state index contributed by atoms with van der Waals surface area (Å²) in [6.07, 6.45) is 1.76. The summed E-state index contributed by atoms with van der Waals surface area (Å²) in [6, 6.07) is 0. The third kappa shape index (κ3) is 1.04. The first kappa shape index (κ1) is 7.97. The van der Waals surface area contributed by atoms with E-state index in [1.54, 1.807) is 13.2 Å². The maximum atomic E-state index is 11.4. The van der Waals surface area contributed by atoms with E-state index in [0.29, 0.717) is 5.78 Å². The van der Waals surface area contributed by atoms with Crippen molar-refractivity contribution in [2.45, 2.75) is 13.8 Å². The quantitative estimate of drug-likeness (QED) is 0.572. The first-order chi connectivity index (χ1) is 6.09. The predicted molar refractivity (Wildman–Crippen MR) is 47.7 cm³/mol. The molecule has 5 nitrogen and oxygen atoms in total. The number of hydrogen-bond acceptors (Lipinski definition) is 3. The summed E-state index contributed by atoms with van der Waals surface area (Å²) < 4.78 is 2.73. The molecule has 2 aromatic rings. The molecule has 0 aliphatic heterocycles. The van der Waals surface area contributed by atoms with Crippen LogP contribution in [0.1, 0.15) is 11.3 Å². The molecule has 0 unspecified atom stereocenters. The molecule has 0 aliphatic rings. The van der Waals surface area contributed by atoms with E-state index in [-0.39, 0.29) is 5.69 Å². The molecule has 0 aliphatic carbocycles. The molecule has 0 bridgehead atoms. The van der Waals surface area contributed by atoms with Gasteiger partial charge in [-0.05, 0) is 19.4 Å². The molecule has 2 aromatic heterocycles. The summed E-state index contributed by atoms with van der Waals surface area (Å²) in [5.74, 6) is 0.454. The summed E-state index contributed by atoms with van der Waals surface area (Å²) in [5.41, 5.74) is 1.73. The van der Waals surface area contributed by atoms with Crippen LogP contribution in [0.3, 0.4) is 0 Å². The second kappa shape index (κ2) is 2.42. The van der Waals surface area contributed by atoms with E-state index in [9.17, 15) is 4.79 Å². The molecule has 0 saturated heterocycles. The Bertz CT molecular complexity index is 523. The predicted octanol–water partition coefficient (Wildman–Crippen LogP) is 0.0448. The van der Waals surface area contributed by atoms with Gasteiger partial charge in [-0.3, -0.25) is 0 Å². The Morgan fingerprint density at radius 3 is 2.77 bits per heavy atom. The van der Waals surface area contributed by atoms with Crippen LogP contribution in [0, 0.1) is 13.8 Å². The van der Waals surface area contributed by atoms with Crippen molar-refractivity contribution in [1.82, 2.24) is 19.2 Å². The van der Waals surface area contributed by atoms with Crippen LogP contribution < -0.4 is 5.69 Å². The van der Waals surface area contributed by atoms with Gasteiger partial charge in [0.2, 0.25) is 0 Å². The van der Waals surface area contributed by atoms with Crippen molar-refractivity contribution in [1.29, 1.82) is 0 Å². The molecule has 0 saturated carbocycles. The number of aromatic nitrogens is 4. The molecule has 0 aromatic carbocycles. The maximum absolute atomic E-state index is 11.4. The highest BCUT2D eigenvalue weighted by atomic mass is 16.2. The van der Waals surface area contributed by atoms with Crippen LogP contribution in [0.15, 0.2) is 11.0 Å². The molecular weight excluding hydrogens is 168 g/mol. The van der Waals surface area contributed by atoms with Gasteiger partial charge >= 0.3 is 5.69 Å². The van der Waals surface area contributed by atoms with Crippen molar-refractivity contribution in [2.24, 2.45) is 7.05 Å². The van der Waals surface area contributed by atoms with Crippen LogP contribution in [0.5, 0.6) is 0 Å². The van der Waals surface area contributed by atoms with Crippen LogP contribution in [0.25, 0.3) is 5.78 Å². The van der Waals surface area contributed by atoms with Crippen molar-refractivity contribution in [3.05, 3.63) is 27.9 Å². The van der Waals surface area contributed by atoms with Gasteiger partial charge in [0.05, 0.1) is 0 Å². The molecule has 0 spiro atoms. The molecule has 13 heavy (non-hydrogen) atoms. The van der Waals surface area contributed by atoms with Gasteiger partial charge in [-0.25, -0.2) is 18.9 Å². The average molecular weight is 178 g/mol. The maximum Gasteiger partial charge on any atom is 0.351 e. The normalized spacial score (nSPS) is 11.0. The molecule has 2 heterocycles. The van der Waals surface area contributed by atoms with E-state index in [1.165, 1.54) is 9.08 Å². The van der Waals surface area contributed by atoms with Crippen LogP contribution in [-0.2, 0) is 7.05 Å². The lowest BCUT2D eigenvalue weighted by molar-refractivity contribution is 0.732. The standard InChI is InChI=1S/C8H10N4O/c1-5-4-12-7(9-6(5)2)10-11(3)8(12)13/h4H,1-3H3. The topological polar surface area (TPSA) is 52.2 Å². The van der Waals surface area contributed by atoms with Crippen molar-refractivity contribution >= 4 is 5.78 Å². The van der Waals surface area contributed by atoms with Gasteiger partial charge in [-0.15, -0.1) is 5.10 Å². The molecular formula is C8H10N4O. The molecule has 0 radical (unpaired) electrons. The first-order valence-electron chi connectivity index (χ1n) is 3.99. The second-order valence-corrected chi connectivity index (χ2v) is 3.09. The Labute approximate surface area is 74.6 Å². The van der Waals surface area contributed by atoms with Gasteiger partial charge in [0.25, 0.3) is 5.78 Å². The fourth-order valence-electron chi connectivity index (χ4n) is 1.18. The largest absolute Gasteiger partial charge is 0.351 e. The zero-order valence-electron chi connectivity index (χ0n) is 7.77. The van der Waals surface area contributed by atoms with E-state index < -0.39 is 0 Å². The third-order valence-electron chi connectivity index (χ3n) is 2.10. The van der Waals surface area contributed by atoms with Crippen molar-refractivity contribution < 1.29 is 0 Å². The molecule has 0 N–H and O–H groups in total. The summed E-state index contributed by atoms with van der Waals surface area (Å²) in [6.45, 7) is 3.82. The van der Waals surface area contributed by atoms with Crippen molar-refractivity contribution in [2.75, 3.05) is 0 Å². The van der Waals surface area contributed by atoms with Gasteiger partial charge in [0.15, 0.2) is 0 Å². The monoisotopic (exact) mass is 178 g/mol. The lowest BCUT2D eigenvalue weighted by atomic mass is 10.3. The van der Waals surface area contributed by atoms with Gasteiger partial charge < -0.3 is 0 Å². The molecule has 0 atom stereocenters. The number of aryl methyl sites for hydroxylation is 3. The lowest BCUT2D eigenvalue weighted by Crippen LogP contribution is -2.17. The minimum Gasteiger partial charge on any atom is -0.246 e. The Hall–Kier alpha value is -1.65. The SMILES string of the molecule is Cc1cn2c(=O)n(C)nc2nc1C. The Balaban J connectivity index is 2.97. The first-order valence-corrected chi connectivity index (χ1v) is 3.99. The van der Waals surface area contributed by atoms with E-state index >= 15 is 0 Å². The number of nitrogens with zero attached hydrogens (tertiary/aromatic N) is 4. The number of fused-ring (bicyclic) bond motifs is 1. The molecule has 68 valence electrons. The second-order valence-electron chi connectivity index (χ2n) is 3.09. The van der Waals surface area contributed by atoms with Crippen LogP contribution >= 0.6 is 0 Å². The fraction of sp³-hybridized carbons (Fsp3) is 0.375. The van der Waals surface area contributed by atoms with E-state index in [1.807, 2.05) is 13.8 Å². The third-order valence-corrected chi connectivity index (χ3v) is 2.10. The van der Waals surface area contributed by atoms with E-state index in [2.05, 4.69) is 10.1 Å². The zero-order chi connectivity index (χ0) is 9.59. The molecule has 0 fully saturated rings. The summed E-state index contributed by atoms with van der Waals surface area (Å²) in [7, 11) is 1.61. The Morgan fingerprint density at radius 2 is 2.08 bits per heavy atom. The minimum absolute atomic E-state index is 0.161. The molecule has 0 amide bonds. The Morgan fingerprint density at radius 1 is 1.38 bits per heavy atom. The van der Waals surface area contributed by atoms with Crippen LogP contribution in [0.2, 0.25) is 0 Å². The van der Waals surface area contributed by atoms with Gasteiger partial charge in [-0.1, -0.05) is 0 Å². The summed E-state index contributed by atoms with van der Waals surface area (Å²) >= 11 is 0. The summed E-state index contributed by atoms with van der Waals surface area (Å²) in [4.78, 5) is 15.6. The van der Waals surface area contributed by atoms with Crippen LogP contribution in [0.4, 0.5) is 0 Å². The smallest absolute Gasteiger partial charge is 0.246 e. The molecule has 2 rings (SSSR count). The highest BCUT2D eigenvalue weighted by Gasteiger charge is 2.05. The lowest BCUT2D eigenvalue weighted by Gasteiger charge is -1.96. The van der Waals surface area contributed by atoms with Crippen LogP contribution in [-0.4, -0.2) is 19.2 Å². The van der Waals surface area contributed by atoms with Crippen molar-refractivity contribution in [3.8, 4) is 0 Å². The van der Waals surface area contributed by atoms with Gasteiger partial charge in [-0.2, -0.15) is 0 Å².